The molecule has 9 heteroatoms. The van der Waals surface area contributed by atoms with E-state index in [1.165, 1.54) is 18.7 Å². The third-order valence-electron chi connectivity index (χ3n) is 5.66. The number of ether oxygens (including phenoxy) is 1. The molecule has 0 spiro atoms. The number of nitrogens with one attached hydrogen (secondary N) is 1. The van der Waals surface area contributed by atoms with Gasteiger partial charge in [-0.3, -0.25) is 9.69 Å². The monoisotopic (exact) mass is 406 g/mol. The molecule has 0 bridgehead atoms. The van der Waals surface area contributed by atoms with Crippen molar-refractivity contribution in [1.29, 1.82) is 0 Å². The highest BCUT2D eigenvalue weighted by Gasteiger charge is 2.48. The number of hydrogen-bond acceptors (Lipinski definition) is 8. The van der Waals surface area contributed by atoms with E-state index in [4.69, 9.17) is 4.74 Å². The van der Waals surface area contributed by atoms with E-state index in [0.717, 1.165) is 25.8 Å². The number of hydrogen-bond donors (Lipinski definition) is 5. The lowest BCUT2D eigenvalue weighted by atomic mass is 9.92. The number of carbonyl (C=O) groups excluding carboxylic acids is 1. The molecule has 2 fully saturated rings. The average molecular weight is 407 g/mol. The van der Waals surface area contributed by atoms with Crippen molar-refractivity contribution in [3.05, 3.63) is 0 Å². The highest BCUT2D eigenvalue weighted by atomic mass is 32.2. The van der Waals surface area contributed by atoms with E-state index in [1.807, 2.05) is 11.9 Å². The Morgan fingerprint density at radius 2 is 1.96 bits per heavy atom. The summed E-state index contributed by atoms with van der Waals surface area (Å²) in [5, 5.41) is 43.5. The van der Waals surface area contributed by atoms with Crippen LogP contribution >= 0.6 is 11.8 Å². The fourth-order valence-corrected chi connectivity index (χ4v) is 4.81. The van der Waals surface area contributed by atoms with Crippen LogP contribution in [0.2, 0.25) is 0 Å². The van der Waals surface area contributed by atoms with Crippen LogP contribution in [0.15, 0.2) is 0 Å². The fourth-order valence-electron chi connectivity index (χ4n) is 4.13. The Balaban J connectivity index is 2.09. The number of likely N-dealkylation sites (N-methyl/N-ethyl adjacent to an activating group) is 1. The highest BCUT2D eigenvalue weighted by Crippen LogP contribution is 2.30. The molecular formula is C18H34N2O6S. The van der Waals surface area contributed by atoms with E-state index in [2.05, 4.69) is 12.2 Å². The molecule has 0 aliphatic carbocycles. The Bertz CT molecular complexity index is 494. The molecule has 2 rings (SSSR count). The Hall–Kier alpha value is -0.420. The van der Waals surface area contributed by atoms with Gasteiger partial charge in [-0.1, -0.05) is 13.3 Å². The van der Waals surface area contributed by atoms with Gasteiger partial charge in [-0.2, -0.15) is 0 Å². The van der Waals surface area contributed by atoms with E-state index in [9.17, 15) is 25.2 Å². The Morgan fingerprint density at radius 3 is 2.52 bits per heavy atom. The van der Waals surface area contributed by atoms with Crippen molar-refractivity contribution < 1.29 is 30.0 Å². The van der Waals surface area contributed by atoms with Crippen LogP contribution in [-0.4, -0.2) is 99.1 Å². The van der Waals surface area contributed by atoms with Crippen molar-refractivity contribution in [2.45, 2.75) is 81.1 Å². The van der Waals surface area contributed by atoms with Gasteiger partial charge in [-0.25, -0.2) is 0 Å². The van der Waals surface area contributed by atoms with Crippen molar-refractivity contribution in [2.24, 2.45) is 5.92 Å². The normalized spacial score (nSPS) is 39.9. The first kappa shape index (κ1) is 22.9. The third kappa shape index (κ3) is 5.14. The van der Waals surface area contributed by atoms with Gasteiger partial charge in [-0.05, 0) is 39.0 Å². The van der Waals surface area contributed by atoms with Gasteiger partial charge in [0.25, 0.3) is 0 Å². The van der Waals surface area contributed by atoms with Crippen LogP contribution in [0.3, 0.4) is 0 Å². The zero-order valence-corrected chi connectivity index (χ0v) is 17.3. The minimum absolute atomic E-state index is 0.223. The highest BCUT2D eigenvalue weighted by molar-refractivity contribution is 7.99. The Labute approximate surface area is 165 Å². The average Bonchev–Trinajstić information content (AvgIpc) is 2.99. The second-order valence-electron chi connectivity index (χ2n) is 7.80. The molecule has 0 radical (unpaired) electrons. The number of thioether (sulfide) groups is 1. The number of nitrogens with zero attached hydrogens (tertiary/aromatic N) is 1. The van der Waals surface area contributed by atoms with E-state index < -0.39 is 42.0 Å². The quantitative estimate of drug-likeness (QED) is 0.370. The van der Waals surface area contributed by atoms with Crippen molar-refractivity contribution in [3.63, 3.8) is 0 Å². The maximum absolute atomic E-state index is 12.8. The number of carbonyl (C=O) groups is 1. The molecule has 8 nitrogen and oxygen atoms in total. The summed E-state index contributed by atoms with van der Waals surface area (Å²) in [6.07, 6.45) is -1.50. The molecule has 0 aromatic carbocycles. The number of aliphatic hydroxyl groups is 4. The summed E-state index contributed by atoms with van der Waals surface area (Å²) < 4.78 is 5.72. The molecule has 27 heavy (non-hydrogen) atoms. The van der Waals surface area contributed by atoms with Gasteiger partial charge < -0.3 is 30.5 Å². The Morgan fingerprint density at radius 1 is 1.30 bits per heavy atom. The van der Waals surface area contributed by atoms with E-state index >= 15 is 0 Å². The maximum Gasteiger partial charge on any atom is 0.237 e. The summed E-state index contributed by atoms with van der Waals surface area (Å²) in [6.45, 7) is 4.48. The molecule has 8 unspecified atom stereocenters. The van der Waals surface area contributed by atoms with Crippen molar-refractivity contribution in [2.75, 3.05) is 19.8 Å². The number of aliphatic hydroxyl groups excluding tert-OH is 4. The smallest absolute Gasteiger partial charge is 0.237 e. The van der Waals surface area contributed by atoms with Crippen LogP contribution in [0.25, 0.3) is 0 Å². The zero-order chi connectivity index (χ0) is 20.3. The van der Waals surface area contributed by atoms with Crippen LogP contribution in [0, 0.1) is 5.92 Å². The summed E-state index contributed by atoms with van der Waals surface area (Å²) in [4.78, 5) is 14.9. The second-order valence-corrected chi connectivity index (χ2v) is 8.73. The van der Waals surface area contributed by atoms with Crippen LogP contribution < -0.4 is 5.32 Å². The van der Waals surface area contributed by atoms with Crippen LogP contribution in [0.4, 0.5) is 0 Å². The molecule has 0 saturated carbocycles. The first-order valence-electron chi connectivity index (χ1n) is 9.62. The van der Waals surface area contributed by atoms with E-state index in [-0.39, 0.29) is 11.9 Å². The molecule has 2 saturated heterocycles. The summed E-state index contributed by atoms with van der Waals surface area (Å²) in [5.74, 6) is 0.245. The number of likely N-dealkylation sites (tertiary alicyclic amines) is 1. The van der Waals surface area contributed by atoms with E-state index in [0.29, 0.717) is 5.92 Å². The van der Waals surface area contributed by atoms with Crippen molar-refractivity contribution >= 4 is 17.7 Å². The molecule has 2 aliphatic heterocycles. The van der Waals surface area contributed by atoms with Crippen molar-refractivity contribution in [3.8, 4) is 0 Å². The predicted octanol–water partition coefficient (Wildman–Crippen LogP) is -0.857. The third-order valence-corrected chi connectivity index (χ3v) is 6.51. The molecular weight excluding hydrogens is 372 g/mol. The first-order chi connectivity index (χ1) is 12.7. The SMILES string of the molecule is CCCC1CC(C(=O)NC(C(C)O)[C@@H]2OC(SC)C(O)C(O)C2O)N(C)C1. The lowest BCUT2D eigenvalue weighted by Gasteiger charge is -2.44. The van der Waals surface area contributed by atoms with Gasteiger partial charge in [0.1, 0.15) is 29.9 Å². The molecule has 5 N–H and O–H groups in total. The minimum atomic E-state index is -1.42. The molecule has 1 amide bonds. The minimum Gasteiger partial charge on any atom is -0.391 e. The molecule has 0 aromatic rings. The number of amides is 1. The van der Waals surface area contributed by atoms with Gasteiger partial charge in [-0.15, -0.1) is 11.8 Å². The molecule has 158 valence electrons. The topological polar surface area (TPSA) is 122 Å². The molecule has 0 aromatic heterocycles. The van der Waals surface area contributed by atoms with E-state index in [1.54, 1.807) is 6.26 Å². The van der Waals surface area contributed by atoms with Gasteiger partial charge in [0.05, 0.1) is 18.2 Å². The predicted molar refractivity (Wildman–Crippen MR) is 103 cm³/mol. The summed E-state index contributed by atoms with van der Waals surface area (Å²) in [5.41, 5.74) is -0.755. The molecule has 2 heterocycles. The van der Waals surface area contributed by atoms with Crippen LogP contribution in [0.1, 0.15) is 33.1 Å². The number of rotatable bonds is 7. The lowest BCUT2D eigenvalue weighted by Crippen LogP contribution is -2.65. The first-order valence-corrected chi connectivity index (χ1v) is 10.9. The summed E-state index contributed by atoms with van der Waals surface area (Å²) in [6, 6.07) is -1.20. The fraction of sp³-hybridized carbons (Fsp3) is 0.944. The molecule has 9 atom stereocenters. The van der Waals surface area contributed by atoms with Gasteiger partial charge in [0.15, 0.2) is 0 Å². The van der Waals surface area contributed by atoms with Gasteiger partial charge in [0.2, 0.25) is 5.91 Å². The van der Waals surface area contributed by atoms with Crippen LogP contribution in [0.5, 0.6) is 0 Å². The largest absolute Gasteiger partial charge is 0.391 e. The lowest BCUT2D eigenvalue weighted by molar-refractivity contribution is -0.211. The second kappa shape index (κ2) is 9.87. The maximum atomic E-state index is 12.8. The zero-order valence-electron chi connectivity index (χ0n) is 16.5. The summed E-state index contributed by atoms with van der Waals surface area (Å²) >= 11 is 1.20. The van der Waals surface area contributed by atoms with Gasteiger partial charge >= 0.3 is 0 Å². The van der Waals surface area contributed by atoms with Crippen LogP contribution in [-0.2, 0) is 9.53 Å². The summed E-state index contributed by atoms with van der Waals surface area (Å²) in [7, 11) is 1.91. The van der Waals surface area contributed by atoms with Crippen molar-refractivity contribution in [1.82, 2.24) is 10.2 Å². The Kier molecular flexibility index (Phi) is 8.35. The standard InChI is InChI=1S/C18H34N2O6S/c1-5-6-10-7-11(20(3)8-10)17(25)19-12(9(2)21)16-14(23)13(22)15(24)18(26-16)27-4/h9-16,18,21-24H,5-8H2,1-4H3,(H,19,25)/t9?,10?,11?,12?,13?,14?,15?,16-,18?/m0/s1. The van der Waals surface area contributed by atoms with Gasteiger partial charge in [0, 0.05) is 6.54 Å². The molecule has 2 aliphatic rings.